The normalized spacial score (nSPS) is 19.7. The first kappa shape index (κ1) is 16.4. The highest BCUT2D eigenvalue weighted by atomic mass is 32.2. The smallest absolute Gasteiger partial charge is 0.252 e. The van der Waals surface area contributed by atoms with E-state index in [9.17, 15) is 8.42 Å². The molecule has 0 spiro atoms. The first-order chi connectivity index (χ1) is 10.9. The molecule has 1 aliphatic heterocycles. The van der Waals surface area contributed by atoms with Gasteiger partial charge in [-0.2, -0.15) is 9.40 Å². The van der Waals surface area contributed by atoms with Gasteiger partial charge < -0.3 is 4.74 Å². The Morgan fingerprint density at radius 1 is 1.22 bits per heavy atom. The topological polar surface area (TPSA) is 72.4 Å². The van der Waals surface area contributed by atoms with Crippen molar-refractivity contribution in [3.63, 3.8) is 0 Å². The van der Waals surface area contributed by atoms with E-state index in [1.807, 2.05) is 26.0 Å². The van der Waals surface area contributed by atoms with Crippen molar-refractivity contribution in [2.24, 2.45) is 0 Å². The number of aromatic nitrogens is 2. The zero-order valence-electron chi connectivity index (χ0n) is 13.1. The van der Waals surface area contributed by atoms with Gasteiger partial charge in [0.05, 0.1) is 12.2 Å². The minimum absolute atomic E-state index is 0.198. The molecule has 1 aliphatic rings. The molecule has 0 N–H and O–H groups in total. The third kappa shape index (κ3) is 3.70. The second-order valence-electron chi connectivity index (χ2n) is 5.62. The predicted octanol–water partition coefficient (Wildman–Crippen LogP) is 2.39. The van der Waals surface area contributed by atoms with E-state index in [1.54, 1.807) is 12.1 Å². The van der Waals surface area contributed by atoms with Crippen molar-refractivity contribution in [2.75, 3.05) is 13.1 Å². The number of hydrogen-bond donors (Lipinski definition) is 0. The molecule has 2 aromatic rings. The fourth-order valence-corrected chi connectivity index (χ4v) is 5.47. The Morgan fingerprint density at radius 2 is 2.04 bits per heavy atom. The highest BCUT2D eigenvalue weighted by Gasteiger charge is 2.32. The highest BCUT2D eigenvalue weighted by molar-refractivity contribution is 7.91. The summed E-state index contributed by atoms with van der Waals surface area (Å²) < 4.78 is 33.1. The maximum atomic E-state index is 12.7. The molecule has 124 valence electrons. The van der Waals surface area contributed by atoms with E-state index < -0.39 is 10.0 Å². The second kappa shape index (κ2) is 6.54. The van der Waals surface area contributed by atoms with Gasteiger partial charge in [-0.05, 0) is 44.9 Å². The number of sulfonamides is 1. The maximum absolute atomic E-state index is 12.7. The summed E-state index contributed by atoms with van der Waals surface area (Å²) in [7, 11) is -3.44. The van der Waals surface area contributed by atoms with Gasteiger partial charge in [-0.15, -0.1) is 16.4 Å². The molecule has 1 fully saturated rings. The molecule has 0 aromatic carbocycles. The highest BCUT2D eigenvalue weighted by Crippen LogP contribution is 2.27. The number of ether oxygens (including phenoxy) is 1. The SMILES string of the molecule is Cc1ccc(OC2CCCN(S(=O)(=O)c3ccc(C)s3)C2)nn1. The molecule has 23 heavy (non-hydrogen) atoms. The molecule has 1 saturated heterocycles. The third-order valence-corrected chi connectivity index (χ3v) is 7.04. The van der Waals surface area contributed by atoms with Crippen molar-refractivity contribution < 1.29 is 13.2 Å². The summed E-state index contributed by atoms with van der Waals surface area (Å²) in [5, 5.41) is 7.94. The van der Waals surface area contributed by atoms with Gasteiger partial charge >= 0.3 is 0 Å². The number of hydrogen-bond acceptors (Lipinski definition) is 6. The number of rotatable bonds is 4. The average molecular weight is 353 g/mol. The van der Waals surface area contributed by atoms with Gasteiger partial charge in [0.15, 0.2) is 0 Å². The van der Waals surface area contributed by atoms with Crippen molar-refractivity contribution >= 4 is 21.4 Å². The lowest BCUT2D eigenvalue weighted by Crippen LogP contribution is -2.44. The summed E-state index contributed by atoms with van der Waals surface area (Å²) in [6, 6.07) is 7.09. The Morgan fingerprint density at radius 3 is 2.70 bits per heavy atom. The molecular formula is C15H19N3O3S2. The average Bonchev–Trinajstić information content (AvgIpc) is 2.97. The van der Waals surface area contributed by atoms with Crippen LogP contribution in [0.2, 0.25) is 0 Å². The van der Waals surface area contributed by atoms with Crippen LogP contribution in [-0.2, 0) is 10.0 Å². The number of piperidine rings is 1. The molecule has 0 aliphatic carbocycles. The summed E-state index contributed by atoms with van der Waals surface area (Å²) >= 11 is 1.30. The van der Waals surface area contributed by atoms with Gasteiger partial charge in [-0.1, -0.05) is 0 Å². The van der Waals surface area contributed by atoms with Crippen LogP contribution >= 0.6 is 11.3 Å². The van der Waals surface area contributed by atoms with Crippen LogP contribution < -0.4 is 4.74 Å². The van der Waals surface area contributed by atoms with Crippen molar-refractivity contribution in [1.29, 1.82) is 0 Å². The molecule has 0 amide bonds. The fourth-order valence-electron chi connectivity index (χ4n) is 2.52. The molecule has 3 heterocycles. The molecule has 0 bridgehead atoms. The van der Waals surface area contributed by atoms with E-state index in [0.717, 1.165) is 23.4 Å². The predicted molar refractivity (Wildman–Crippen MR) is 88.2 cm³/mol. The first-order valence-electron chi connectivity index (χ1n) is 7.49. The van der Waals surface area contributed by atoms with E-state index >= 15 is 0 Å². The molecule has 6 nitrogen and oxygen atoms in total. The van der Waals surface area contributed by atoms with Crippen molar-refractivity contribution in [2.45, 2.75) is 37.0 Å². The minimum atomic E-state index is -3.44. The van der Waals surface area contributed by atoms with E-state index in [4.69, 9.17) is 4.74 Å². The molecule has 0 saturated carbocycles. The Bertz CT molecular complexity index is 772. The van der Waals surface area contributed by atoms with Gasteiger partial charge in [0.1, 0.15) is 10.3 Å². The van der Waals surface area contributed by atoms with E-state index in [-0.39, 0.29) is 6.10 Å². The molecule has 1 atom stereocenters. The van der Waals surface area contributed by atoms with E-state index in [1.165, 1.54) is 15.6 Å². The molecule has 1 unspecified atom stereocenters. The van der Waals surface area contributed by atoms with E-state index in [2.05, 4.69) is 10.2 Å². The standard InChI is InChI=1S/C15H19N3O3S2/c1-11-5-7-14(17-16-11)21-13-4-3-9-18(10-13)23(19,20)15-8-6-12(2)22-15/h5-8,13H,3-4,9-10H2,1-2H3. The summed E-state index contributed by atoms with van der Waals surface area (Å²) in [6.07, 6.45) is 1.38. The van der Waals surface area contributed by atoms with Crippen LogP contribution in [0.5, 0.6) is 5.88 Å². The van der Waals surface area contributed by atoms with Crippen LogP contribution in [0.4, 0.5) is 0 Å². The minimum Gasteiger partial charge on any atom is -0.472 e. The van der Waals surface area contributed by atoms with Gasteiger partial charge in [-0.25, -0.2) is 8.42 Å². The molecular weight excluding hydrogens is 334 g/mol. The van der Waals surface area contributed by atoms with Crippen LogP contribution in [0.25, 0.3) is 0 Å². The summed E-state index contributed by atoms with van der Waals surface area (Å²) in [5.41, 5.74) is 0.818. The first-order valence-corrected chi connectivity index (χ1v) is 9.74. The summed E-state index contributed by atoms with van der Waals surface area (Å²) in [6.45, 7) is 4.63. The van der Waals surface area contributed by atoms with Crippen LogP contribution in [0.3, 0.4) is 0 Å². The Kier molecular flexibility index (Phi) is 4.65. The molecule has 0 radical (unpaired) electrons. The number of nitrogens with zero attached hydrogens (tertiary/aromatic N) is 3. The van der Waals surface area contributed by atoms with Crippen LogP contribution in [0.1, 0.15) is 23.4 Å². The zero-order valence-corrected chi connectivity index (χ0v) is 14.7. The monoisotopic (exact) mass is 353 g/mol. The molecule has 3 rings (SSSR count). The second-order valence-corrected chi connectivity index (χ2v) is 9.08. The van der Waals surface area contributed by atoms with Crippen molar-refractivity contribution in [1.82, 2.24) is 14.5 Å². The number of thiophene rings is 1. The van der Waals surface area contributed by atoms with Crippen molar-refractivity contribution in [3.8, 4) is 5.88 Å². The fraction of sp³-hybridized carbons (Fsp3) is 0.467. The van der Waals surface area contributed by atoms with Gasteiger partial charge in [-0.3, -0.25) is 0 Å². The van der Waals surface area contributed by atoms with Crippen LogP contribution in [0, 0.1) is 13.8 Å². The number of aryl methyl sites for hydroxylation is 2. The lowest BCUT2D eigenvalue weighted by molar-refractivity contribution is 0.123. The Hall–Kier alpha value is -1.51. The maximum Gasteiger partial charge on any atom is 0.252 e. The third-order valence-electron chi connectivity index (χ3n) is 3.71. The largest absolute Gasteiger partial charge is 0.472 e. The molecule has 2 aromatic heterocycles. The van der Waals surface area contributed by atoms with Crippen LogP contribution in [-0.4, -0.2) is 42.1 Å². The Labute approximate surface area is 140 Å². The molecule has 8 heteroatoms. The Balaban J connectivity index is 1.71. The summed E-state index contributed by atoms with van der Waals surface area (Å²) in [5.74, 6) is 0.437. The lowest BCUT2D eigenvalue weighted by Gasteiger charge is -2.31. The van der Waals surface area contributed by atoms with Gasteiger partial charge in [0, 0.05) is 17.5 Å². The van der Waals surface area contributed by atoms with Gasteiger partial charge in [0.25, 0.3) is 10.0 Å². The van der Waals surface area contributed by atoms with E-state index in [0.29, 0.717) is 23.2 Å². The van der Waals surface area contributed by atoms with Crippen LogP contribution in [0.15, 0.2) is 28.5 Å². The van der Waals surface area contributed by atoms with Gasteiger partial charge in [0.2, 0.25) is 5.88 Å². The van der Waals surface area contributed by atoms with Crippen molar-refractivity contribution in [3.05, 3.63) is 34.8 Å². The lowest BCUT2D eigenvalue weighted by atomic mass is 10.1. The summed E-state index contributed by atoms with van der Waals surface area (Å²) in [4.78, 5) is 0.989. The quantitative estimate of drug-likeness (QED) is 0.844. The zero-order chi connectivity index (χ0) is 16.4.